The molecule has 4 nitrogen and oxygen atoms in total. The minimum Gasteiger partial charge on any atom is -0.314 e. The van der Waals surface area contributed by atoms with E-state index in [1.807, 2.05) is 7.05 Å². The molecule has 0 aromatic carbocycles. The molecule has 4 heteroatoms. The largest absolute Gasteiger partial charge is 0.314 e. The lowest BCUT2D eigenvalue weighted by molar-refractivity contribution is 0.467. The molecular formula is C12H22N4. The van der Waals surface area contributed by atoms with E-state index in [-0.39, 0.29) is 0 Å². The summed E-state index contributed by atoms with van der Waals surface area (Å²) in [6, 6.07) is 0. The summed E-state index contributed by atoms with van der Waals surface area (Å²) in [5.41, 5.74) is 2.53. The molecule has 0 spiro atoms. The van der Waals surface area contributed by atoms with Crippen LogP contribution in [0.4, 0.5) is 0 Å². The highest BCUT2D eigenvalue weighted by Gasteiger charge is 2.30. The van der Waals surface area contributed by atoms with E-state index in [9.17, 15) is 0 Å². The van der Waals surface area contributed by atoms with E-state index in [1.54, 1.807) is 0 Å². The second-order valence-corrected chi connectivity index (χ2v) is 5.13. The standard InChI is InChI=1S/C12H22N4/c1-9(2)6-7-16-12(10-4-5-10)11(8-13-3)14-15-16/h9-10,13H,4-8H2,1-3H3. The van der Waals surface area contributed by atoms with E-state index in [4.69, 9.17) is 0 Å². The van der Waals surface area contributed by atoms with Crippen molar-refractivity contribution in [1.82, 2.24) is 20.3 Å². The molecule has 0 unspecified atom stereocenters. The van der Waals surface area contributed by atoms with Crippen LogP contribution in [0.5, 0.6) is 0 Å². The van der Waals surface area contributed by atoms with Gasteiger partial charge in [-0.05, 0) is 32.2 Å². The maximum atomic E-state index is 4.30. The van der Waals surface area contributed by atoms with Gasteiger partial charge in [0.2, 0.25) is 0 Å². The summed E-state index contributed by atoms with van der Waals surface area (Å²) in [4.78, 5) is 0. The Hall–Kier alpha value is -0.900. The predicted octanol–water partition coefficient (Wildman–Crippen LogP) is 1.92. The van der Waals surface area contributed by atoms with E-state index < -0.39 is 0 Å². The first-order valence-electron chi connectivity index (χ1n) is 6.29. The highest BCUT2D eigenvalue weighted by molar-refractivity contribution is 5.20. The monoisotopic (exact) mass is 222 g/mol. The van der Waals surface area contributed by atoms with Crippen LogP contribution in [0.15, 0.2) is 0 Å². The van der Waals surface area contributed by atoms with Gasteiger partial charge in [0.25, 0.3) is 0 Å². The van der Waals surface area contributed by atoms with Crippen molar-refractivity contribution in [1.29, 1.82) is 0 Å². The Balaban J connectivity index is 2.10. The van der Waals surface area contributed by atoms with Crippen LogP contribution in [0.1, 0.15) is 50.4 Å². The predicted molar refractivity (Wildman–Crippen MR) is 64.2 cm³/mol. The molecular weight excluding hydrogens is 200 g/mol. The van der Waals surface area contributed by atoms with Crippen molar-refractivity contribution >= 4 is 0 Å². The van der Waals surface area contributed by atoms with Crippen molar-refractivity contribution in [3.8, 4) is 0 Å². The van der Waals surface area contributed by atoms with Gasteiger partial charge in [-0.15, -0.1) is 5.10 Å². The Morgan fingerprint density at radius 1 is 1.44 bits per heavy atom. The Morgan fingerprint density at radius 3 is 2.75 bits per heavy atom. The summed E-state index contributed by atoms with van der Waals surface area (Å²) < 4.78 is 2.13. The summed E-state index contributed by atoms with van der Waals surface area (Å²) in [6.45, 7) is 6.36. The van der Waals surface area contributed by atoms with Gasteiger partial charge in [-0.2, -0.15) is 0 Å². The Bertz CT molecular complexity index is 339. The third-order valence-electron chi connectivity index (χ3n) is 3.07. The number of nitrogens with zero attached hydrogens (tertiary/aromatic N) is 3. The van der Waals surface area contributed by atoms with Gasteiger partial charge in [0.05, 0.1) is 11.4 Å². The highest BCUT2D eigenvalue weighted by Crippen LogP contribution is 2.41. The lowest BCUT2D eigenvalue weighted by Crippen LogP contribution is -2.10. The molecule has 0 aliphatic heterocycles. The maximum absolute atomic E-state index is 4.30. The van der Waals surface area contributed by atoms with Crippen LogP contribution in [-0.4, -0.2) is 22.0 Å². The summed E-state index contributed by atoms with van der Waals surface area (Å²) >= 11 is 0. The number of aromatic nitrogens is 3. The molecule has 1 aliphatic carbocycles. The number of aryl methyl sites for hydroxylation is 1. The van der Waals surface area contributed by atoms with E-state index in [0.29, 0.717) is 0 Å². The van der Waals surface area contributed by atoms with Crippen molar-refractivity contribution in [3.05, 3.63) is 11.4 Å². The molecule has 1 aromatic heterocycles. The molecule has 0 bridgehead atoms. The molecule has 0 saturated heterocycles. The minimum absolute atomic E-state index is 0.726. The zero-order valence-electron chi connectivity index (χ0n) is 10.5. The topological polar surface area (TPSA) is 42.7 Å². The van der Waals surface area contributed by atoms with Crippen molar-refractivity contribution in [2.75, 3.05) is 7.05 Å². The van der Waals surface area contributed by atoms with E-state index in [2.05, 4.69) is 34.2 Å². The summed E-state index contributed by atoms with van der Waals surface area (Å²) in [5, 5.41) is 11.8. The van der Waals surface area contributed by atoms with Gasteiger partial charge in [0.15, 0.2) is 0 Å². The molecule has 0 amide bonds. The molecule has 1 heterocycles. The molecule has 0 atom stereocenters. The van der Waals surface area contributed by atoms with Gasteiger partial charge in [0, 0.05) is 19.0 Å². The number of hydrogen-bond acceptors (Lipinski definition) is 3. The van der Waals surface area contributed by atoms with Gasteiger partial charge in [-0.25, -0.2) is 4.68 Å². The average Bonchev–Trinajstić information content (AvgIpc) is 2.99. The van der Waals surface area contributed by atoms with Crippen LogP contribution in [0.25, 0.3) is 0 Å². The van der Waals surface area contributed by atoms with E-state index in [0.717, 1.165) is 30.6 Å². The van der Waals surface area contributed by atoms with Gasteiger partial charge in [-0.1, -0.05) is 19.1 Å². The fourth-order valence-corrected chi connectivity index (χ4v) is 2.00. The summed E-state index contributed by atoms with van der Waals surface area (Å²) in [5.74, 6) is 1.45. The molecule has 1 N–H and O–H groups in total. The lowest BCUT2D eigenvalue weighted by Gasteiger charge is -2.08. The summed E-state index contributed by atoms with van der Waals surface area (Å²) in [7, 11) is 1.96. The third kappa shape index (κ3) is 2.61. The van der Waals surface area contributed by atoms with Gasteiger partial charge in [0.1, 0.15) is 0 Å². The Kier molecular flexibility index (Phi) is 3.59. The fraction of sp³-hybridized carbons (Fsp3) is 0.833. The lowest BCUT2D eigenvalue weighted by atomic mass is 10.1. The van der Waals surface area contributed by atoms with Crippen molar-refractivity contribution < 1.29 is 0 Å². The van der Waals surface area contributed by atoms with E-state index >= 15 is 0 Å². The quantitative estimate of drug-likeness (QED) is 0.799. The van der Waals surface area contributed by atoms with Gasteiger partial charge in [-0.3, -0.25) is 0 Å². The zero-order chi connectivity index (χ0) is 11.5. The second-order valence-electron chi connectivity index (χ2n) is 5.13. The summed E-state index contributed by atoms with van der Waals surface area (Å²) in [6.07, 6.45) is 3.81. The maximum Gasteiger partial charge on any atom is 0.0999 e. The first-order chi connectivity index (χ1) is 7.72. The van der Waals surface area contributed by atoms with Crippen LogP contribution in [0, 0.1) is 5.92 Å². The molecule has 0 radical (unpaired) electrons. The number of hydrogen-bond donors (Lipinski definition) is 1. The number of rotatable bonds is 6. The first kappa shape index (κ1) is 11.6. The fourth-order valence-electron chi connectivity index (χ4n) is 2.00. The van der Waals surface area contributed by atoms with Crippen molar-refractivity contribution in [3.63, 3.8) is 0 Å². The first-order valence-corrected chi connectivity index (χ1v) is 6.29. The molecule has 1 aliphatic rings. The SMILES string of the molecule is CNCc1nnn(CCC(C)C)c1C1CC1. The molecule has 1 aromatic rings. The van der Waals surface area contributed by atoms with Gasteiger partial charge < -0.3 is 5.32 Å². The van der Waals surface area contributed by atoms with Gasteiger partial charge >= 0.3 is 0 Å². The Morgan fingerprint density at radius 2 is 2.19 bits per heavy atom. The molecule has 1 saturated carbocycles. The van der Waals surface area contributed by atoms with Crippen LogP contribution in [0.2, 0.25) is 0 Å². The molecule has 1 fully saturated rings. The highest BCUT2D eigenvalue weighted by atomic mass is 15.4. The van der Waals surface area contributed by atoms with Crippen LogP contribution >= 0.6 is 0 Å². The smallest absolute Gasteiger partial charge is 0.0999 e. The second kappa shape index (κ2) is 4.95. The molecule has 90 valence electrons. The minimum atomic E-state index is 0.726. The molecule has 16 heavy (non-hydrogen) atoms. The van der Waals surface area contributed by atoms with Crippen molar-refractivity contribution in [2.45, 2.75) is 52.1 Å². The van der Waals surface area contributed by atoms with Crippen LogP contribution in [0.3, 0.4) is 0 Å². The van der Waals surface area contributed by atoms with Crippen LogP contribution < -0.4 is 5.32 Å². The van der Waals surface area contributed by atoms with Crippen LogP contribution in [-0.2, 0) is 13.1 Å². The zero-order valence-corrected chi connectivity index (χ0v) is 10.5. The third-order valence-corrected chi connectivity index (χ3v) is 3.07. The number of nitrogens with one attached hydrogen (secondary N) is 1. The Labute approximate surface area is 97.4 Å². The van der Waals surface area contributed by atoms with Crippen molar-refractivity contribution in [2.24, 2.45) is 5.92 Å². The normalized spacial score (nSPS) is 16.0. The van der Waals surface area contributed by atoms with E-state index in [1.165, 1.54) is 25.0 Å². The molecule has 2 rings (SSSR count). The average molecular weight is 222 g/mol.